The smallest absolute Gasteiger partial charge is 0.231 e. The zero-order valence-corrected chi connectivity index (χ0v) is 97.2. The molecule has 1 amide bonds. The van der Waals surface area contributed by atoms with E-state index in [2.05, 4.69) is 145 Å². The van der Waals surface area contributed by atoms with E-state index < -0.39 is 72.9 Å². The van der Waals surface area contributed by atoms with E-state index in [0.29, 0.717) is 133 Å². The molecular formula is C120H193N5O12S6. The van der Waals surface area contributed by atoms with Crippen molar-refractivity contribution in [3.63, 3.8) is 0 Å². The average Bonchev–Trinajstić information content (AvgIpc) is 1.37. The molecule has 0 unspecified atom stereocenters. The van der Waals surface area contributed by atoms with Crippen molar-refractivity contribution >= 4 is 73.0 Å². The van der Waals surface area contributed by atoms with Crippen LogP contribution in [0.15, 0.2) is 143 Å². The third kappa shape index (κ3) is 42.1. The summed E-state index contributed by atoms with van der Waals surface area (Å²) in [4.78, 5) is 22.9. The Bertz CT molecular complexity index is 5210. The monoisotopic (exact) mass is 2090 g/mol. The average molecular weight is 2090 g/mol. The Morgan fingerprint density at radius 3 is 1.20 bits per heavy atom. The van der Waals surface area contributed by atoms with Crippen molar-refractivity contribution in [2.45, 2.75) is 435 Å². The molecule has 806 valence electrons. The van der Waals surface area contributed by atoms with Gasteiger partial charge >= 0.3 is 0 Å². The van der Waals surface area contributed by atoms with Gasteiger partial charge in [-0.05, 0) is 405 Å². The number of hydrogen-bond donors (Lipinski definition) is 1. The molecule has 1 saturated heterocycles. The first-order valence-electron chi connectivity index (χ1n) is 55.9. The highest BCUT2D eigenvalue weighted by Crippen LogP contribution is 2.43. The molecule has 5 aliphatic carbocycles. The summed E-state index contributed by atoms with van der Waals surface area (Å²) in [5.74, 6) is 8.29. The number of carbonyl (C=O) groups excluding carboxylic acids is 1. The Hall–Kier alpha value is -5.90. The first-order chi connectivity index (χ1) is 67.7. The van der Waals surface area contributed by atoms with Crippen molar-refractivity contribution in [1.29, 1.82) is 5.26 Å². The zero-order valence-electron chi connectivity index (χ0n) is 92.3. The van der Waals surface area contributed by atoms with Crippen LogP contribution >= 0.6 is 11.8 Å². The molecule has 143 heavy (non-hydrogen) atoms. The summed E-state index contributed by atoms with van der Waals surface area (Å²) < 4.78 is 129. The molecule has 17 nitrogen and oxygen atoms in total. The van der Waals surface area contributed by atoms with Crippen molar-refractivity contribution in [2.75, 3.05) is 59.9 Å². The summed E-state index contributed by atoms with van der Waals surface area (Å²) >= 11 is 1.69. The van der Waals surface area contributed by atoms with Crippen molar-refractivity contribution < 1.29 is 51.6 Å². The lowest BCUT2D eigenvalue weighted by Crippen LogP contribution is -2.36. The summed E-state index contributed by atoms with van der Waals surface area (Å²) in [5, 5.41) is 13.1. The number of amides is 1. The van der Waals surface area contributed by atoms with Gasteiger partial charge in [-0.3, -0.25) is 4.79 Å². The SMILES string of the molecule is C/C=C(\C=C\CCNC=O)CCC1CCC(CS(=O)(=O)C(C)(C)CC)CC1.CCC(C)(C)S(=O)(=O)CC1CCC(CCc2ccc(N3CCCC3)cc2)CC1.CCC(C)(C)S(=O)(=O)CC1CCC(CCc2ccc(Sc3ccccc3)nc2)CC1.CCC(C)(C)S(=O)(=O)CC1CCC(CCc2cccc(CCC(C)C)c2)CC1.CCCCOc1ncc(CCC2CCC(CS(=O)(=O)C(C)(C)CC)CC2)cc1C#N. The lowest BCUT2D eigenvalue weighted by atomic mass is 9.80. The fourth-order valence-electron chi connectivity index (χ4n) is 20.5. The summed E-state index contributed by atoms with van der Waals surface area (Å²) in [5.41, 5.74) is 9.97. The van der Waals surface area contributed by atoms with Gasteiger partial charge in [0, 0.05) is 42.6 Å². The van der Waals surface area contributed by atoms with E-state index >= 15 is 0 Å². The van der Waals surface area contributed by atoms with Gasteiger partial charge in [-0.15, -0.1) is 0 Å². The van der Waals surface area contributed by atoms with Crippen LogP contribution < -0.4 is 15.0 Å². The number of nitrogens with one attached hydrogen (secondary N) is 1. The van der Waals surface area contributed by atoms with Gasteiger partial charge < -0.3 is 15.0 Å². The first kappa shape index (κ1) is 124. The van der Waals surface area contributed by atoms with Crippen LogP contribution in [0.5, 0.6) is 5.88 Å². The van der Waals surface area contributed by atoms with Crippen LogP contribution in [-0.4, -0.2) is 137 Å². The molecular weight excluding hydrogens is 1900 g/mol. The lowest BCUT2D eigenvalue weighted by molar-refractivity contribution is -0.109. The normalized spacial score (nSPS) is 21.4. The molecule has 5 aromatic rings. The molecule has 3 aromatic carbocycles. The fourth-order valence-corrected chi connectivity index (χ4v) is 30.5. The van der Waals surface area contributed by atoms with Gasteiger partial charge in [-0.25, -0.2) is 52.1 Å². The second kappa shape index (κ2) is 60.8. The summed E-state index contributed by atoms with van der Waals surface area (Å²) in [6.45, 7) is 40.9. The van der Waals surface area contributed by atoms with Crippen LogP contribution in [0.3, 0.4) is 0 Å². The molecule has 6 aliphatic rings. The largest absolute Gasteiger partial charge is 0.477 e. The minimum atomic E-state index is -3.05. The fraction of sp³-hybridized carbons (Fsp3) is 0.717. The molecule has 0 spiro atoms. The van der Waals surface area contributed by atoms with E-state index in [1.807, 2.05) is 141 Å². The second-order valence-electron chi connectivity index (χ2n) is 46.8. The van der Waals surface area contributed by atoms with Crippen LogP contribution in [0.2, 0.25) is 0 Å². The van der Waals surface area contributed by atoms with E-state index in [9.17, 15) is 52.1 Å². The molecule has 6 fully saturated rings. The molecule has 2 aromatic heterocycles. The number of ether oxygens (including phenoxy) is 1. The minimum absolute atomic E-state index is 0.295. The third-order valence-corrected chi connectivity index (χ3v) is 49.3. The quantitative estimate of drug-likeness (QED) is 0.0215. The van der Waals surface area contributed by atoms with Crippen LogP contribution in [0.25, 0.3) is 0 Å². The number of anilines is 1. The number of rotatable bonds is 50. The number of nitrogens with zero attached hydrogens (tertiary/aromatic N) is 4. The highest BCUT2D eigenvalue weighted by molar-refractivity contribution is 7.99. The highest BCUT2D eigenvalue weighted by atomic mass is 32.2. The molecule has 0 atom stereocenters. The van der Waals surface area contributed by atoms with Crippen molar-refractivity contribution in [1.82, 2.24) is 15.3 Å². The van der Waals surface area contributed by atoms with E-state index in [-0.39, 0.29) is 0 Å². The molecule has 0 radical (unpaired) electrons. The first-order valence-corrected chi connectivity index (χ1v) is 65.0. The van der Waals surface area contributed by atoms with Gasteiger partial charge in [0.2, 0.25) is 12.3 Å². The van der Waals surface area contributed by atoms with Crippen molar-refractivity contribution in [3.05, 3.63) is 167 Å². The van der Waals surface area contributed by atoms with Crippen molar-refractivity contribution in [3.8, 4) is 11.9 Å². The van der Waals surface area contributed by atoms with Gasteiger partial charge in [-0.1, -0.05) is 222 Å². The maximum Gasteiger partial charge on any atom is 0.231 e. The topological polar surface area (TPSA) is 262 Å². The van der Waals surface area contributed by atoms with E-state index in [1.165, 1.54) is 129 Å². The maximum absolute atomic E-state index is 12.7. The number of unbranched alkanes of at least 4 members (excludes halogenated alkanes) is 1. The summed E-state index contributed by atoms with van der Waals surface area (Å²) in [6.07, 6.45) is 55.6. The molecule has 1 N–H and O–H groups in total. The Labute approximate surface area is 877 Å². The Balaban J connectivity index is 0.000000243. The number of aromatic nitrogens is 2. The Morgan fingerprint density at radius 1 is 0.455 bits per heavy atom. The number of sulfone groups is 5. The van der Waals surface area contributed by atoms with Crippen LogP contribution in [0.1, 0.15) is 403 Å². The number of nitriles is 1. The van der Waals surface area contributed by atoms with E-state index in [0.717, 1.165) is 195 Å². The second-order valence-corrected chi connectivity index (χ2v) is 61.2. The predicted octanol–water partition coefficient (Wildman–Crippen LogP) is 29.1. The Kier molecular flexibility index (Phi) is 52.7. The number of hydrogen-bond acceptors (Lipinski definition) is 17. The van der Waals surface area contributed by atoms with Gasteiger partial charge in [0.15, 0.2) is 49.2 Å². The number of allylic oxidation sites excluding steroid dienone is 3. The molecule has 11 rings (SSSR count). The maximum atomic E-state index is 12.7. The zero-order chi connectivity index (χ0) is 105. The van der Waals surface area contributed by atoms with Crippen molar-refractivity contribution in [2.24, 2.45) is 65.1 Å². The van der Waals surface area contributed by atoms with Crippen LogP contribution in [0, 0.1) is 76.4 Å². The Morgan fingerprint density at radius 2 is 0.825 bits per heavy atom. The van der Waals surface area contributed by atoms with Crippen LogP contribution in [0.4, 0.5) is 5.69 Å². The summed E-state index contributed by atoms with van der Waals surface area (Å²) in [6, 6.07) is 37.1. The minimum Gasteiger partial charge on any atom is -0.477 e. The molecule has 1 aliphatic heterocycles. The molecule has 0 bridgehead atoms. The van der Waals surface area contributed by atoms with Gasteiger partial charge in [-0.2, -0.15) is 5.26 Å². The van der Waals surface area contributed by atoms with Crippen LogP contribution in [-0.2, 0) is 86.1 Å². The van der Waals surface area contributed by atoms with Gasteiger partial charge in [0.05, 0.1) is 59.1 Å². The standard InChI is InChI=1S/C25H35NO2S2.C25H42O2S.C24H38N2O3S.C24H39NO2S.C22H39NO3S/c1-4-25(2,3)30(27,28)19-22-14-11-20(12-15-22)10-13-21-16-17-24(26-18-21)29-23-8-6-5-7-9-23;1-6-25(4,5)28(26,27)19-24-16-13-21(14-17-24)12-15-23-9-7-8-22(18-23)11-10-20(2)3;1-5-7-14-29-23-22(16-25)15-21(17-26-23)13-10-19-8-11-20(12-9-19)18-30(27,28)24(3,4)6-2;1-4-24(2,3)28(26,27)19-22-11-9-20(10-12-22)7-8-21-13-15-23(16-14-21)25-17-5-6-18-25;1-5-19(9-7-8-16-23-18-24)10-11-20-12-14-21(15-13-20)17-27(25,26)22(3,4)6-2/h5-9,16-18,20,22H,4,10-15,19H2,1-3H3;7-9,18,20-21,24H,6,10-17,19H2,1-5H3;15,17,19-20H,5-14,18H2,1-4H3;13-16,20,22H,4-12,17-19H2,1-3H3;5,7,9,18,20-21H,6,8,10-17H2,1-4H3,(H,23,24)/b;;;;9-7+,19-5+. The number of carbonyl (C=O) groups is 1. The van der Waals surface area contributed by atoms with E-state index in [4.69, 9.17) is 4.74 Å². The molecule has 23 heteroatoms. The molecule has 3 heterocycles. The summed E-state index contributed by atoms with van der Waals surface area (Å²) in [7, 11) is -15.1. The number of benzene rings is 3. The molecule has 5 saturated carbocycles. The highest BCUT2D eigenvalue weighted by Gasteiger charge is 2.42. The third-order valence-electron chi connectivity index (χ3n) is 34.0. The number of pyridine rings is 2. The number of aryl methyl sites for hydroxylation is 5. The van der Waals surface area contributed by atoms with Gasteiger partial charge in [0.1, 0.15) is 16.7 Å². The lowest BCUT2D eigenvalue weighted by Gasteiger charge is -2.31. The van der Waals surface area contributed by atoms with E-state index in [1.54, 1.807) is 11.8 Å². The predicted molar refractivity (Wildman–Crippen MR) is 604 cm³/mol. The van der Waals surface area contributed by atoms with Gasteiger partial charge in [0.25, 0.3) is 0 Å².